The average Bonchev–Trinajstić information content (AvgIpc) is 2.84. The van der Waals surface area contributed by atoms with Crippen molar-refractivity contribution in [1.29, 1.82) is 0 Å². The van der Waals surface area contributed by atoms with Gasteiger partial charge in [0.15, 0.2) is 0 Å². The highest BCUT2D eigenvalue weighted by Crippen LogP contribution is 2.17. The SMILES string of the molecule is Cc1cn(-c2ccc3[nH]ccc3c2)cn1. The lowest BCUT2D eigenvalue weighted by atomic mass is 10.2. The van der Waals surface area contributed by atoms with Gasteiger partial charge in [-0.1, -0.05) is 0 Å². The van der Waals surface area contributed by atoms with Crippen molar-refractivity contribution < 1.29 is 0 Å². The monoisotopic (exact) mass is 197 g/mol. The van der Waals surface area contributed by atoms with Crippen LogP contribution in [-0.4, -0.2) is 14.5 Å². The molecule has 0 atom stereocenters. The minimum atomic E-state index is 1.03. The number of aromatic amines is 1. The lowest BCUT2D eigenvalue weighted by Gasteiger charge is -2.01. The topological polar surface area (TPSA) is 33.6 Å². The molecule has 0 aliphatic carbocycles. The van der Waals surface area contributed by atoms with Gasteiger partial charge in [0.05, 0.1) is 12.0 Å². The summed E-state index contributed by atoms with van der Waals surface area (Å²) in [5.74, 6) is 0. The second-order valence-electron chi connectivity index (χ2n) is 3.67. The van der Waals surface area contributed by atoms with Crippen molar-refractivity contribution in [2.45, 2.75) is 6.92 Å². The van der Waals surface area contributed by atoms with Crippen molar-refractivity contribution in [3.63, 3.8) is 0 Å². The van der Waals surface area contributed by atoms with Crippen molar-refractivity contribution in [2.75, 3.05) is 0 Å². The predicted molar refractivity (Wildman–Crippen MR) is 60.2 cm³/mol. The predicted octanol–water partition coefficient (Wildman–Crippen LogP) is 2.66. The van der Waals surface area contributed by atoms with Crippen molar-refractivity contribution in [3.05, 3.63) is 48.7 Å². The molecule has 3 heteroatoms. The van der Waals surface area contributed by atoms with Crippen LogP contribution in [0, 0.1) is 6.92 Å². The second-order valence-corrected chi connectivity index (χ2v) is 3.67. The van der Waals surface area contributed by atoms with Crippen molar-refractivity contribution in [1.82, 2.24) is 14.5 Å². The van der Waals surface area contributed by atoms with E-state index in [1.807, 2.05) is 30.2 Å². The van der Waals surface area contributed by atoms with Gasteiger partial charge in [-0.3, -0.25) is 0 Å². The smallest absolute Gasteiger partial charge is 0.0995 e. The molecule has 0 radical (unpaired) electrons. The number of hydrogen-bond donors (Lipinski definition) is 1. The molecule has 0 saturated heterocycles. The van der Waals surface area contributed by atoms with Gasteiger partial charge in [-0.25, -0.2) is 4.98 Å². The van der Waals surface area contributed by atoms with Crippen LogP contribution in [0.25, 0.3) is 16.6 Å². The number of benzene rings is 1. The van der Waals surface area contributed by atoms with Gasteiger partial charge in [-0.15, -0.1) is 0 Å². The molecule has 0 bridgehead atoms. The fourth-order valence-corrected chi connectivity index (χ4v) is 1.76. The van der Waals surface area contributed by atoms with Crippen LogP contribution in [0.4, 0.5) is 0 Å². The number of H-pyrrole nitrogens is 1. The second kappa shape index (κ2) is 2.98. The summed E-state index contributed by atoms with van der Waals surface area (Å²) in [7, 11) is 0. The Hall–Kier alpha value is -2.03. The third-order valence-electron chi connectivity index (χ3n) is 2.55. The molecule has 3 aromatic rings. The molecule has 15 heavy (non-hydrogen) atoms. The maximum atomic E-state index is 4.22. The first-order chi connectivity index (χ1) is 7.33. The first-order valence-electron chi connectivity index (χ1n) is 4.91. The van der Waals surface area contributed by atoms with Crippen LogP contribution in [0.15, 0.2) is 43.0 Å². The molecule has 0 spiro atoms. The van der Waals surface area contributed by atoms with E-state index in [0.717, 1.165) is 16.9 Å². The zero-order valence-electron chi connectivity index (χ0n) is 8.44. The molecule has 74 valence electrons. The lowest BCUT2D eigenvalue weighted by Crippen LogP contribution is -1.88. The van der Waals surface area contributed by atoms with E-state index in [1.54, 1.807) is 0 Å². The van der Waals surface area contributed by atoms with Crippen LogP contribution in [-0.2, 0) is 0 Å². The van der Waals surface area contributed by atoms with Gasteiger partial charge >= 0.3 is 0 Å². The van der Waals surface area contributed by atoms with Crippen LogP contribution < -0.4 is 0 Å². The summed E-state index contributed by atoms with van der Waals surface area (Å²) >= 11 is 0. The first-order valence-corrected chi connectivity index (χ1v) is 4.91. The van der Waals surface area contributed by atoms with Gasteiger partial charge < -0.3 is 9.55 Å². The van der Waals surface area contributed by atoms with E-state index < -0.39 is 0 Å². The molecule has 0 amide bonds. The zero-order chi connectivity index (χ0) is 10.3. The Morgan fingerprint density at radius 1 is 1.27 bits per heavy atom. The summed E-state index contributed by atoms with van der Waals surface area (Å²) in [5, 5.41) is 1.22. The molecule has 0 aliphatic heterocycles. The van der Waals surface area contributed by atoms with E-state index in [9.17, 15) is 0 Å². The van der Waals surface area contributed by atoms with Crippen molar-refractivity contribution >= 4 is 10.9 Å². The highest BCUT2D eigenvalue weighted by atomic mass is 15.0. The van der Waals surface area contributed by atoms with Gasteiger partial charge in [-0.2, -0.15) is 0 Å². The fourth-order valence-electron chi connectivity index (χ4n) is 1.76. The van der Waals surface area contributed by atoms with E-state index in [2.05, 4.69) is 34.2 Å². The summed E-state index contributed by atoms with van der Waals surface area (Å²) in [6.07, 6.45) is 5.81. The molecule has 3 rings (SSSR count). The van der Waals surface area contributed by atoms with Crippen LogP contribution in [0.3, 0.4) is 0 Å². The van der Waals surface area contributed by atoms with E-state index in [0.29, 0.717) is 0 Å². The van der Waals surface area contributed by atoms with Gasteiger partial charge in [0.2, 0.25) is 0 Å². The fraction of sp³-hybridized carbons (Fsp3) is 0.0833. The molecule has 3 nitrogen and oxygen atoms in total. The maximum Gasteiger partial charge on any atom is 0.0995 e. The molecule has 1 N–H and O–H groups in total. The third kappa shape index (κ3) is 1.32. The number of hydrogen-bond acceptors (Lipinski definition) is 1. The Kier molecular flexibility index (Phi) is 1.65. The number of nitrogens with zero attached hydrogens (tertiary/aromatic N) is 2. The Labute approximate surface area is 87.4 Å². The minimum Gasteiger partial charge on any atom is -0.361 e. The third-order valence-corrected chi connectivity index (χ3v) is 2.55. The molecule has 0 unspecified atom stereocenters. The largest absolute Gasteiger partial charge is 0.361 e. The van der Waals surface area contributed by atoms with Gasteiger partial charge in [0, 0.05) is 29.0 Å². The van der Waals surface area contributed by atoms with Crippen molar-refractivity contribution in [2.24, 2.45) is 0 Å². The number of nitrogens with one attached hydrogen (secondary N) is 1. The Morgan fingerprint density at radius 2 is 2.20 bits per heavy atom. The average molecular weight is 197 g/mol. The maximum absolute atomic E-state index is 4.22. The number of imidazole rings is 1. The van der Waals surface area contributed by atoms with Gasteiger partial charge in [-0.05, 0) is 31.2 Å². The first kappa shape index (κ1) is 8.29. The van der Waals surface area contributed by atoms with Gasteiger partial charge in [0.1, 0.15) is 0 Å². The Morgan fingerprint density at radius 3 is 3.00 bits per heavy atom. The normalized spacial score (nSPS) is 11.0. The molecular formula is C12H11N3. The molecule has 0 saturated carbocycles. The van der Waals surface area contributed by atoms with Crippen LogP contribution in [0.5, 0.6) is 0 Å². The highest BCUT2D eigenvalue weighted by molar-refractivity contribution is 5.81. The molecule has 2 aromatic heterocycles. The summed E-state index contributed by atoms with van der Waals surface area (Å²) < 4.78 is 2.03. The molecule has 2 heterocycles. The Bertz CT molecular complexity index is 604. The summed E-state index contributed by atoms with van der Waals surface area (Å²) in [6, 6.07) is 8.38. The van der Waals surface area contributed by atoms with Gasteiger partial charge in [0.25, 0.3) is 0 Å². The number of aryl methyl sites for hydroxylation is 1. The molecular weight excluding hydrogens is 186 g/mol. The highest BCUT2D eigenvalue weighted by Gasteiger charge is 1.99. The van der Waals surface area contributed by atoms with E-state index in [-0.39, 0.29) is 0 Å². The number of fused-ring (bicyclic) bond motifs is 1. The van der Waals surface area contributed by atoms with Crippen LogP contribution >= 0.6 is 0 Å². The Balaban J connectivity index is 2.18. The van der Waals surface area contributed by atoms with Crippen molar-refractivity contribution in [3.8, 4) is 5.69 Å². The quantitative estimate of drug-likeness (QED) is 0.639. The van der Waals surface area contributed by atoms with E-state index in [1.165, 1.54) is 5.39 Å². The number of aromatic nitrogens is 3. The van der Waals surface area contributed by atoms with Crippen LogP contribution in [0.2, 0.25) is 0 Å². The minimum absolute atomic E-state index is 1.03. The molecule has 1 aromatic carbocycles. The summed E-state index contributed by atoms with van der Waals surface area (Å²) in [5.41, 5.74) is 3.34. The number of rotatable bonds is 1. The summed E-state index contributed by atoms with van der Waals surface area (Å²) in [6.45, 7) is 1.99. The molecule has 0 fully saturated rings. The lowest BCUT2D eigenvalue weighted by molar-refractivity contribution is 1.06. The van der Waals surface area contributed by atoms with Crippen LogP contribution in [0.1, 0.15) is 5.69 Å². The van der Waals surface area contributed by atoms with E-state index in [4.69, 9.17) is 0 Å². The summed E-state index contributed by atoms with van der Waals surface area (Å²) in [4.78, 5) is 7.39. The standard InChI is InChI=1S/C12H11N3/c1-9-7-15(8-14-9)11-2-3-12-10(6-11)4-5-13-12/h2-8,13H,1H3. The zero-order valence-corrected chi connectivity index (χ0v) is 8.44. The van der Waals surface area contributed by atoms with E-state index >= 15 is 0 Å². The molecule has 0 aliphatic rings.